The van der Waals surface area contributed by atoms with E-state index < -0.39 is 0 Å². The summed E-state index contributed by atoms with van der Waals surface area (Å²) in [6.07, 6.45) is 0.172. The molecule has 2 aromatic rings. The minimum Gasteiger partial charge on any atom is -0.293 e. The lowest BCUT2D eigenvalue weighted by molar-refractivity contribution is -0.483. The van der Waals surface area contributed by atoms with Gasteiger partial charge in [-0.05, 0) is 17.0 Å². The van der Waals surface area contributed by atoms with E-state index in [4.69, 9.17) is 0 Å². The lowest BCUT2D eigenvalue weighted by Crippen LogP contribution is -2.16. The molecule has 0 bridgehead atoms. The Balaban J connectivity index is 2.15. The normalized spacial score (nSPS) is 12.0. The van der Waals surface area contributed by atoms with Crippen molar-refractivity contribution in [3.63, 3.8) is 0 Å². The van der Waals surface area contributed by atoms with Gasteiger partial charge in [0.25, 0.3) is 0 Å². The average molecular weight is 275 g/mol. The summed E-state index contributed by atoms with van der Waals surface area (Å²) < 4.78 is 0. The monoisotopic (exact) mass is 275 g/mol. The molecule has 0 aliphatic heterocycles. The van der Waals surface area contributed by atoms with Crippen LogP contribution < -0.4 is 0 Å². The van der Waals surface area contributed by atoms with Gasteiger partial charge in [-0.3, -0.25) is 14.9 Å². The molecule has 2 rings (SSSR count). The molecule has 0 amide bonds. The first-order valence-electron chi connectivity index (χ1n) is 5.90. The summed E-state index contributed by atoms with van der Waals surface area (Å²) in [6.45, 7) is -0.221. The van der Waals surface area contributed by atoms with Gasteiger partial charge in [-0.1, -0.05) is 36.4 Å². The van der Waals surface area contributed by atoms with Crippen LogP contribution in [0.5, 0.6) is 0 Å². The van der Waals surface area contributed by atoms with E-state index in [9.17, 15) is 14.9 Å². The number of benzene rings is 1. The standard InChI is InChI=1S/C14H13NO3S/c16-13(14-7-4-8-19-14)9-12(10-15(17)18)11-5-2-1-3-6-11/h1-8,12H,9-10H2/t12-/m0/s1. The van der Waals surface area contributed by atoms with Crippen LogP contribution in [0.4, 0.5) is 0 Å². The molecule has 4 nitrogen and oxygen atoms in total. The first-order chi connectivity index (χ1) is 9.16. The summed E-state index contributed by atoms with van der Waals surface area (Å²) in [5, 5.41) is 12.6. The number of ketones is 1. The molecule has 1 atom stereocenters. The highest BCUT2D eigenvalue weighted by Gasteiger charge is 2.22. The van der Waals surface area contributed by atoms with Gasteiger partial charge in [0.2, 0.25) is 6.54 Å². The minimum absolute atomic E-state index is 0.0364. The van der Waals surface area contributed by atoms with Crippen molar-refractivity contribution in [3.05, 3.63) is 68.4 Å². The Kier molecular flexibility index (Phi) is 4.41. The summed E-state index contributed by atoms with van der Waals surface area (Å²) >= 11 is 1.37. The molecule has 0 aliphatic rings. The van der Waals surface area contributed by atoms with Crippen molar-refractivity contribution in [2.24, 2.45) is 0 Å². The van der Waals surface area contributed by atoms with Crippen molar-refractivity contribution in [1.29, 1.82) is 0 Å². The highest BCUT2D eigenvalue weighted by molar-refractivity contribution is 7.12. The van der Waals surface area contributed by atoms with E-state index in [1.54, 1.807) is 6.07 Å². The summed E-state index contributed by atoms with van der Waals surface area (Å²) in [5.74, 6) is -0.406. The molecule has 0 N–H and O–H groups in total. The Hall–Kier alpha value is -2.01. The number of nitro groups is 1. The fraction of sp³-hybridized carbons (Fsp3) is 0.214. The van der Waals surface area contributed by atoms with E-state index in [0.29, 0.717) is 4.88 Å². The van der Waals surface area contributed by atoms with Crippen molar-refractivity contribution in [3.8, 4) is 0 Å². The van der Waals surface area contributed by atoms with Gasteiger partial charge in [0.1, 0.15) is 0 Å². The number of carbonyl (C=O) groups is 1. The minimum atomic E-state index is -0.370. The van der Waals surface area contributed by atoms with Crippen molar-refractivity contribution >= 4 is 17.1 Å². The van der Waals surface area contributed by atoms with E-state index in [1.165, 1.54) is 11.3 Å². The van der Waals surface area contributed by atoms with Crippen molar-refractivity contribution in [2.75, 3.05) is 6.54 Å². The van der Waals surface area contributed by atoms with E-state index >= 15 is 0 Å². The van der Waals surface area contributed by atoms with Gasteiger partial charge in [0, 0.05) is 11.3 Å². The topological polar surface area (TPSA) is 60.2 Å². The summed E-state index contributed by atoms with van der Waals surface area (Å²) in [4.78, 5) is 23.1. The maximum Gasteiger partial charge on any atom is 0.211 e. The Labute approximate surface area is 114 Å². The van der Waals surface area contributed by atoms with Crippen LogP contribution in [0.1, 0.15) is 27.6 Å². The van der Waals surface area contributed by atoms with Crippen LogP contribution in [-0.2, 0) is 0 Å². The summed E-state index contributed by atoms with van der Waals surface area (Å²) in [7, 11) is 0. The molecular weight excluding hydrogens is 262 g/mol. The zero-order valence-corrected chi connectivity index (χ0v) is 11.0. The molecule has 5 heteroatoms. The number of carbonyl (C=O) groups excluding carboxylic acids is 1. The molecule has 19 heavy (non-hydrogen) atoms. The number of hydrogen-bond acceptors (Lipinski definition) is 4. The Morgan fingerprint density at radius 3 is 2.53 bits per heavy atom. The molecule has 0 radical (unpaired) electrons. The van der Waals surface area contributed by atoms with Crippen LogP contribution in [0.15, 0.2) is 47.8 Å². The second-order valence-electron chi connectivity index (χ2n) is 4.23. The fourth-order valence-electron chi connectivity index (χ4n) is 1.95. The van der Waals surface area contributed by atoms with Crippen LogP contribution in [0, 0.1) is 10.1 Å². The molecule has 0 spiro atoms. The second kappa shape index (κ2) is 6.24. The molecule has 1 aromatic carbocycles. The number of nitrogens with zero attached hydrogens (tertiary/aromatic N) is 1. The van der Waals surface area contributed by atoms with Gasteiger partial charge in [0.15, 0.2) is 5.78 Å². The smallest absolute Gasteiger partial charge is 0.211 e. The van der Waals surface area contributed by atoms with Crippen LogP contribution in [0.2, 0.25) is 0 Å². The quantitative estimate of drug-likeness (QED) is 0.461. The lowest BCUT2D eigenvalue weighted by atomic mass is 9.93. The third-order valence-electron chi connectivity index (χ3n) is 2.87. The van der Waals surface area contributed by atoms with Crippen LogP contribution in [0.3, 0.4) is 0 Å². The maximum atomic E-state index is 12.1. The number of thiophene rings is 1. The molecule has 0 saturated heterocycles. The highest BCUT2D eigenvalue weighted by atomic mass is 32.1. The average Bonchev–Trinajstić information content (AvgIpc) is 2.92. The van der Waals surface area contributed by atoms with Crippen molar-refractivity contribution in [2.45, 2.75) is 12.3 Å². The van der Waals surface area contributed by atoms with Gasteiger partial charge >= 0.3 is 0 Å². The molecule has 98 valence electrons. The Bertz CT molecular complexity index is 551. The number of hydrogen-bond donors (Lipinski definition) is 0. The van der Waals surface area contributed by atoms with E-state index in [0.717, 1.165) is 5.56 Å². The third-order valence-corrected chi connectivity index (χ3v) is 3.78. The Morgan fingerprint density at radius 1 is 1.21 bits per heavy atom. The third kappa shape index (κ3) is 3.72. The highest BCUT2D eigenvalue weighted by Crippen LogP contribution is 2.23. The van der Waals surface area contributed by atoms with Crippen molar-refractivity contribution in [1.82, 2.24) is 0 Å². The second-order valence-corrected chi connectivity index (χ2v) is 5.18. The predicted octanol–water partition coefficient (Wildman–Crippen LogP) is 3.38. The summed E-state index contributed by atoms with van der Waals surface area (Å²) in [6, 6.07) is 12.7. The van der Waals surface area contributed by atoms with Gasteiger partial charge in [0.05, 0.1) is 10.8 Å². The van der Waals surface area contributed by atoms with Crippen LogP contribution in [-0.4, -0.2) is 17.3 Å². The van der Waals surface area contributed by atoms with Gasteiger partial charge in [-0.15, -0.1) is 11.3 Å². The molecular formula is C14H13NO3S. The van der Waals surface area contributed by atoms with E-state index in [-0.39, 0.29) is 29.6 Å². The zero-order chi connectivity index (χ0) is 13.7. The molecule has 0 fully saturated rings. The first-order valence-corrected chi connectivity index (χ1v) is 6.78. The van der Waals surface area contributed by atoms with Crippen LogP contribution >= 0.6 is 11.3 Å². The molecule has 1 heterocycles. The largest absolute Gasteiger partial charge is 0.293 e. The van der Waals surface area contributed by atoms with E-state index in [2.05, 4.69) is 0 Å². The Morgan fingerprint density at radius 2 is 1.95 bits per heavy atom. The van der Waals surface area contributed by atoms with E-state index in [1.807, 2.05) is 41.8 Å². The fourth-order valence-corrected chi connectivity index (χ4v) is 2.63. The number of rotatable bonds is 6. The lowest BCUT2D eigenvalue weighted by Gasteiger charge is -2.11. The summed E-state index contributed by atoms with van der Waals surface area (Å²) in [5.41, 5.74) is 0.837. The molecule has 0 saturated carbocycles. The SMILES string of the molecule is O=C(C[C@@H](C[N+](=O)[O-])c1ccccc1)c1cccs1. The first kappa shape index (κ1) is 13.4. The number of Topliss-reactive ketones (excluding diaryl/α,β-unsaturated/α-hetero) is 1. The van der Waals surface area contributed by atoms with Gasteiger partial charge in [-0.2, -0.15) is 0 Å². The molecule has 0 unspecified atom stereocenters. The van der Waals surface area contributed by atoms with Gasteiger partial charge < -0.3 is 0 Å². The van der Waals surface area contributed by atoms with Gasteiger partial charge in [-0.25, -0.2) is 0 Å². The predicted molar refractivity (Wildman–Crippen MR) is 74.3 cm³/mol. The molecule has 0 aliphatic carbocycles. The van der Waals surface area contributed by atoms with Crippen LogP contribution in [0.25, 0.3) is 0 Å². The van der Waals surface area contributed by atoms with Crippen molar-refractivity contribution < 1.29 is 9.72 Å². The molecule has 1 aromatic heterocycles. The maximum absolute atomic E-state index is 12.1. The zero-order valence-electron chi connectivity index (χ0n) is 10.2.